The number of nitrogens with one attached hydrogen (secondary N) is 1. The van der Waals surface area contributed by atoms with Gasteiger partial charge in [0.25, 0.3) is 10.0 Å². The Morgan fingerprint density at radius 2 is 1.02 bits per heavy atom. The van der Waals surface area contributed by atoms with Gasteiger partial charge < -0.3 is 4.42 Å². The first kappa shape index (κ1) is 34.3. The average Bonchev–Trinajstić information content (AvgIpc) is 3.57. The van der Waals surface area contributed by atoms with E-state index < -0.39 is 20.0 Å². The van der Waals surface area contributed by atoms with Gasteiger partial charge in [0.1, 0.15) is 11.3 Å². The second-order valence-corrected chi connectivity index (χ2v) is 16.0. The van der Waals surface area contributed by atoms with E-state index in [1.54, 1.807) is 23.9 Å². The summed E-state index contributed by atoms with van der Waals surface area (Å²) >= 11 is 1.73. The number of thioether (sulfide) groups is 1. The van der Waals surface area contributed by atoms with Crippen LogP contribution in [0.15, 0.2) is 203 Å². The van der Waals surface area contributed by atoms with Crippen LogP contribution in [0, 0.1) is 6.92 Å². The van der Waals surface area contributed by atoms with Crippen LogP contribution in [0.3, 0.4) is 0 Å². The molecule has 0 aliphatic heterocycles. The van der Waals surface area contributed by atoms with Gasteiger partial charge in [0.15, 0.2) is 0 Å². The molecule has 1 N–H and O–H groups in total. The number of furan rings is 1. The Morgan fingerprint density at radius 3 is 1.57 bits per heavy atom. The van der Waals surface area contributed by atoms with Gasteiger partial charge in [-0.25, -0.2) is 8.42 Å². The van der Waals surface area contributed by atoms with Crippen LogP contribution in [-0.4, -0.2) is 8.42 Å². The number of para-hydroxylation sites is 1. The fourth-order valence-corrected chi connectivity index (χ4v) is 9.75. The van der Waals surface area contributed by atoms with Gasteiger partial charge in [-0.1, -0.05) is 175 Å². The molecule has 260 valence electrons. The third-order valence-corrected chi connectivity index (χ3v) is 12.7. The molecule has 0 fully saturated rings. The molecule has 0 saturated carbocycles. The normalized spacial score (nSPS) is 12.4. The second kappa shape index (κ2) is 14.7. The summed E-state index contributed by atoms with van der Waals surface area (Å²) < 4.78 is 37.4. The van der Waals surface area contributed by atoms with Gasteiger partial charge in [-0.2, -0.15) is 0 Å². The minimum Gasteiger partial charge on any atom is -0.457 e. The van der Waals surface area contributed by atoms with Crippen LogP contribution in [-0.2, 0) is 14.8 Å². The Kier molecular flexibility index (Phi) is 9.48. The van der Waals surface area contributed by atoms with Gasteiger partial charge in [0.05, 0.1) is 20.6 Å². The van der Waals surface area contributed by atoms with Crippen LogP contribution in [0.5, 0.6) is 0 Å². The van der Waals surface area contributed by atoms with Crippen molar-refractivity contribution in [3.63, 3.8) is 0 Å². The number of hydrogen-bond acceptors (Lipinski definition) is 4. The zero-order chi connectivity index (χ0) is 36.3. The number of aryl methyl sites for hydroxylation is 1. The minimum atomic E-state index is -3.99. The van der Waals surface area contributed by atoms with Gasteiger partial charge in [0, 0.05) is 5.39 Å². The predicted molar refractivity (Wildman–Crippen MR) is 219 cm³/mol. The maximum atomic E-state index is 14.2. The van der Waals surface area contributed by atoms with Gasteiger partial charge in [-0.05, 0) is 64.6 Å². The van der Waals surface area contributed by atoms with Crippen molar-refractivity contribution in [2.45, 2.75) is 21.8 Å². The molecule has 4 nitrogen and oxygen atoms in total. The molecule has 0 saturated heterocycles. The Morgan fingerprint density at radius 1 is 0.547 bits per heavy atom. The molecule has 0 spiro atoms. The van der Waals surface area contributed by atoms with Crippen LogP contribution in [0.2, 0.25) is 0 Å². The highest BCUT2D eigenvalue weighted by Crippen LogP contribution is 2.57. The SMILES string of the molecule is Cc1ccc(S(=O)(=O)Nc2c([C@H](SC(c3ccccc3)(c3ccccc3)c3ccccc3)c3ccc(-c4ccccc4)cc3)oc3ccccc23)cc1. The quantitative estimate of drug-likeness (QED) is 0.135. The molecular weight excluding hydrogens is 691 g/mol. The Hall–Kier alpha value is -5.82. The molecule has 0 radical (unpaired) electrons. The van der Waals surface area contributed by atoms with E-state index in [0.717, 1.165) is 38.9 Å². The third kappa shape index (κ3) is 6.79. The van der Waals surface area contributed by atoms with Gasteiger partial charge in [0.2, 0.25) is 0 Å². The van der Waals surface area contributed by atoms with Crippen molar-refractivity contribution >= 4 is 38.4 Å². The number of rotatable bonds is 11. The summed E-state index contributed by atoms with van der Waals surface area (Å²) in [5, 5.41) is 0.206. The first-order valence-electron chi connectivity index (χ1n) is 17.5. The summed E-state index contributed by atoms with van der Waals surface area (Å²) in [4.78, 5) is 0.183. The summed E-state index contributed by atoms with van der Waals surface area (Å²) in [6.45, 7) is 1.94. The zero-order valence-electron chi connectivity index (χ0n) is 29.1. The zero-order valence-corrected chi connectivity index (χ0v) is 30.7. The molecule has 1 heterocycles. The maximum Gasteiger partial charge on any atom is 0.262 e. The molecule has 0 aliphatic carbocycles. The number of fused-ring (bicyclic) bond motifs is 1. The molecule has 6 heteroatoms. The molecule has 7 aromatic carbocycles. The summed E-state index contributed by atoms with van der Waals surface area (Å²) in [5.74, 6) is 0.520. The number of hydrogen-bond donors (Lipinski definition) is 1. The lowest BCUT2D eigenvalue weighted by Crippen LogP contribution is -2.27. The largest absolute Gasteiger partial charge is 0.457 e. The van der Waals surface area contributed by atoms with Crippen LogP contribution in [0.25, 0.3) is 22.1 Å². The summed E-state index contributed by atoms with van der Waals surface area (Å²) in [7, 11) is -3.99. The van der Waals surface area contributed by atoms with E-state index >= 15 is 0 Å². The lowest BCUT2D eigenvalue weighted by atomic mass is 9.84. The smallest absolute Gasteiger partial charge is 0.262 e. The Bertz CT molecular complexity index is 2460. The molecule has 0 aliphatic rings. The fraction of sp³-hybridized carbons (Fsp3) is 0.0638. The van der Waals surface area contributed by atoms with Crippen molar-refractivity contribution in [2.75, 3.05) is 4.72 Å². The maximum absolute atomic E-state index is 14.2. The van der Waals surface area contributed by atoms with Crippen LogP contribution < -0.4 is 4.72 Å². The summed E-state index contributed by atoms with van der Waals surface area (Å²) in [5.41, 5.74) is 8.44. The fourth-order valence-electron chi connectivity index (χ4n) is 6.92. The summed E-state index contributed by atoms with van der Waals surface area (Å²) in [6.07, 6.45) is 0. The van der Waals surface area contributed by atoms with E-state index in [4.69, 9.17) is 4.42 Å². The Labute approximate surface area is 315 Å². The molecule has 53 heavy (non-hydrogen) atoms. The minimum absolute atomic E-state index is 0.183. The lowest BCUT2D eigenvalue weighted by Gasteiger charge is -2.38. The molecule has 1 atom stereocenters. The van der Waals surface area contributed by atoms with Crippen LogP contribution in [0.4, 0.5) is 5.69 Å². The molecule has 0 amide bonds. The van der Waals surface area contributed by atoms with E-state index in [-0.39, 0.29) is 4.90 Å². The molecule has 8 aromatic rings. The Balaban J connectivity index is 1.38. The van der Waals surface area contributed by atoms with E-state index in [1.165, 1.54) is 0 Å². The van der Waals surface area contributed by atoms with Crippen molar-refractivity contribution < 1.29 is 12.8 Å². The van der Waals surface area contributed by atoms with E-state index in [1.807, 2.05) is 79.7 Å². The standard InChI is InChI=1S/C47H37NO3S2/c1-34-26-32-41(33-27-34)53(49,50)48-44-42-24-14-15-25-43(42)51-45(44)46(37-30-28-36(29-31-37)35-16-6-2-7-17-35)52-47(38-18-8-3-9-19-38,39-20-10-4-11-21-39)40-22-12-5-13-23-40/h2-33,46,48H,1H3/t46-/m1/s1. The van der Waals surface area contributed by atoms with Crippen LogP contribution in [0.1, 0.15) is 38.8 Å². The summed E-state index contributed by atoms with van der Waals surface area (Å²) in [6, 6.07) is 64.9. The molecule has 8 rings (SSSR count). The molecule has 0 bridgehead atoms. The van der Waals surface area contributed by atoms with Crippen molar-refractivity contribution in [2.24, 2.45) is 0 Å². The molecule has 0 unspecified atom stereocenters. The van der Waals surface area contributed by atoms with Crippen LogP contribution >= 0.6 is 11.8 Å². The van der Waals surface area contributed by atoms with Crippen molar-refractivity contribution in [3.05, 3.63) is 228 Å². The second-order valence-electron chi connectivity index (χ2n) is 13.0. The highest BCUT2D eigenvalue weighted by molar-refractivity contribution is 8.01. The molecular formula is C47H37NO3S2. The number of benzene rings is 7. The highest BCUT2D eigenvalue weighted by atomic mass is 32.2. The van der Waals surface area contributed by atoms with Crippen molar-refractivity contribution in [1.29, 1.82) is 0 Å². The predicted octanol–water partition coefficient (Wildman–Crippen LogP) is 12.0. The average molecular weight is 728 g/mol. The topological polar surface area (TPSA) is 59.3 Å². The lowest BCUT2D eigenvalue weighted by molar-refractivity contribution is 0.559. The highest BCUT2D eigenvalue weighted by Gasteiger charge is 2.42. The number of anilines is 1. The number of sulfonamides is 1. The van der Waals surface area contributed by atoms with Crippen molar-refractivity contribution in [1.82, 2.24) is 0 Å². The molecule has 1 aromatic heterocycles. The first-order valence-corrected chi connectivity index (χ1v) is 19.9. The van der Waals surface area contributed by atoms with E-state index in [9.17, 15) is 8.42 Å². The van der Waals surface area contributed by atoms with Crippen molar-refractivity contribution in [3.8, 4) is 11.1 Å². The third-order valence-electron chi connectivity index (χ3n) is 9.58. The van der Waals surface area contributed by atoms with E-state index in [2.05, 4.69) is 114 Å². The monoisotopic (exact) mass is 727 g/mol. The van der Waals surface area contributed by atoms with E-state index in [0.29, 0.717) is 22.4 Å². The van der Waals surface area contributed by atoms with Gasteiger partial charge in [-0.3, -0.25) is 4.72 Å². The van der Waals surface area contributed by atoms with Gasteiger partial charge >= 0.3 is 0 Å². The first-order chi connectivity index (χ1) is 25.9. The van der Waals surface area contributed by atoms with Gasteiger partial charge in [-0.15, -0.1) is 11.8 Å².